The Morgan fingerprint density at radius 2 is 1.94 bits per heavy atom. The molecule has 3 aromatic rings. The van der Waals surface area contributed by atoms with Crippen LogP contribution in [0.5, 0.6) is 0 Å². The van der Waals surface area contributed by atoms with E-state index in [1.165, 1.54) is 18.2 Å². The summed E-state index contributed by atoms with van der Waals surface area (Å²) in [6.45, 7) is 8.06. The predicted molar refractivity (Wildman–Crippen MR) is 131 cm³/mol. The molecule has 0 radical (unpaired) electrons. The molecule has 1 aromatic carbocycles. The number of nitrogens with one attached hydrogen (secondary N) is 1. The molecule has 1 N–H and O–H groups in total. The maximum absolute atomic E-state index is 13.6. The third-order valence-corrected chi connectivity index (χ3v) is 4.88. The van der Waals surface area contributed by atoms with E-state index in [9.17, 15) is 9.18 Å². The van der Waals surface area contributed by atoms with E-state index in [-0.39, 0.29) is 11.7 Å². The summed E-state index contributed by atoms with van der Waals surface area (Å²) in [5.74, 6) is 0.944. The zero-order chi connectivity index (χ0) is 23.8. The number of carbonyl (C=O) groups excluding carboxylic acids is 1. The number of hydrogen-bond donors (Lipinski definition) is 1. The minimum Gasteiger partial charge on any atom is -0.324 e. The number of aromatic nitrogens is 4. The fraction of sp³-hybridized carbons (Fsp3) is 0.231. The third-order valence-electron chi connectivity index (χ3n) is 4.88. The molecule has 0 unspecified atom stereocenters. The van der Waals surface area contributed by atoms with Gasteiger partial charge in [0.1, 0.15) is 23.6 Å². The highest BCUT2D eigenvalue weighted by atomic mass is 19.1. The van der Waals surface area contributed by atoms with Crippen molar-refractivity contribution < 1.29 is 9.18 Å². The lowest BCUT2D eigenvalue weighted by molar-refractivity contribution is -0.104. The van der Waals surface area contributed by atoms with Crippen molar-refractivity contribution in [3.05, 3.63) is 78.2 Å². The molecule has 0 aliphatic rings. The Labute approximate surface area is 193 Å². The van der Waals surface area contributed by atoms with Gasteiger partial charge in [-0.05, 0) is 55.8 Å². The molecule has 33 heavy (non-hydrogen) atoms. The van der Waals surface area contributed by atoms with Crippen LogP contribution in [0, 0.1) is 5.82 Å². The third kappa shape index (κ3) is 5.68. The molecule has 6 nitrogen and oxygen atoms in total. The van der Waals surface area contributed by atoms with Gasteiger partial charge in [-0.2, -0.15) is 0 Å². The summed E-state index contributed by atoms with van der Waals surface area (Å²) in [5, 5.41) is 3.23. The highest BCUT2D eigenvalue weighted by Crippen LogP contribution is 2.35. The highest BCUT2D eigenvalue weighted by Gasteiger charge is 2.22. The van der Waals surface area contributed by atoms with Crippen LogP contribution < -0.4 is 5.32 Å². The quantitative estimate of drug-likeness (QED) is 0.240. The highest BCUT2D eigenvalue weighted by molar-refractivity contribution is 5.81. The van der Waals surface area contributed by atoms with E-state index in [1.807, 2.05) is 37.5 Å². The second-order valence-corrected chi connectivity index (χ2v) is 7.62. The van der Waals surface area contributed by atoms with Crippen molar-refractivity contribution in [1.82, 2.24) is 19.5 Å². The van der Waals surface area contributed by atoms with Crippen LogP contribution in [0.1, 0.15) is 45.9 Å². The van der Waals surface area contributed by atoms with Gasteiger partial charge in [0.25, 0.3) is 0 Å². The van der Waals surface area contributed by atoms with Crippen LogP contribution in [-0.4, -0.2) is 25.8 Å². The van der Waals surface area contributed by atoms with Crippen molar-refractivity contribution >= 4 is 18.4 Å². The molecule has 0 spiro atoms. The summed E-state index contributed by atoms with van der Waals surface area (Å²) < 4.78 is 15.5. The minimum absolute atomic E-state index is 0.0718. The van der Waals surface area contributed by atoms with Crippen LogP contribution >= 0.6 is 0 Å². The second kappa shape index (κ2) is 11.1. The fourth-order valence-corrected chi connectivity index (χ4v) is 3.33. The minimum atomic E-state index is -0.327. The molecule has 3 rings (SSSR count). The van der Waals surface area contributed by atoms with E-state index in [1.54, 1.807) is 30.6 Å². The number of carbonyl (C=O) groups is 1. The second-order valence-electron chi connectivity index (χ2n) is 7.62. The zero-order valence-electron chi connectivity index (χ0n) is 19.3. The van der Waals surface area contributed by atoms with Gasteiger partial charge in [0.05, 0.1) is 11.4 Å². The Bertz CT molecular complexity index is 1190. The van der Waals surface area contributed by atoms with Crippen molar-refractivity contribution in [3.63, 3.8) is 0 Å². The average molecular weight is 446 g/mol. The van der Waals surface area contributed by atoms with Gasteiger partial charge in [0, 0.05) is 29.6 Å². The maximum atomic E-state index is 13.6. The molecule has 0 saturated carbocycles. The SMILES string of the molecule is C/C=C(\C=C/CC)Nc1nccc(-c2nc(C(C)C)n(/C=C/C=O)c2-c2ccc(F)cc2)n1. The van der Waals surface area contributed by atoms with E-state index >= 15 is 0 Å². The number of rotatable bonds is 9. The molecule has 7 heteroatoms. The van der Waals surface area contributed by atoms with Gasteiger partial charge in [-0.1, -0.05) is 32.9 Å². The van der Waals surface area contributed by atoms with Crippen molar-refractivity contribution in [3.8, 4) is 22.6 Å². The van der Waals surface area contributed by atoms with E-state index < -0.39 is 0 Å². The monoisotopic (exact) mass is 445 g/mol. The van der Waals surface area contributed by atoms with Crippen LogP contribution in [0.4, 0.5) is 10.3 Å². The molecule has 2 heterocycles. The maximum Gasteiger partial charge on any atom is 0.227 e. The summed E-state index contributed by atoms with van der Waals surface area (Å²) in [6.07, 6.45) is 12.4. The summed E-state index contributed by atoms with van der Waals surface area (Å²) in [7, 11) is 0. The van der Waals surface area contributed by atoms with Crippen molar-refractivity contribution in [2.75, 3.05) is 5.32 Å². The first kappa shape index (κ1) is 23.8. The first-order valence-corrected chi connectivity index (χ1v) is 10.9. The van der Waals surface area contributed by atoms with Gasteiger partial charge in [-0.25, -0.2) is 19.3 Å². The number of benzene rings is 1. The standard InChI is InChI=1S/C26H28FN5O/c1-5-7-9-21(6-2)29-26-28-15-14-22(30-26)23-24(19-10-12-20(27)13-11-19)32(16-8-17-33)25(31-23)18(3)4/h6-18H,5H2,1-4H3,(H,28,29,30)/b9-7-,16-8+,21-6+. The number of halogens is 1. The first-order chi connectivity index (χ1) is 16.0. The van der Waals surface area contributed by atoms with Crippen LogP contribution in [0.15, 0.2) is 66.5 Å². The van der Waals surface area contributed by atoms with Gasteiger partial charge in [-0.3, -0.25) is 4.79 Å². The molecule has 0 atom stereocenters. The van der Waals surface area contributed by atoms with Crippen LogP contribution in [0.2, 0.25) is 0 Å². The number of nitrogens with zero attached hydrogens (tertiary/aromatic N) is 4. The molecule has 0 saturated heterocycles. The van der Waals surface area contributed by atoms with Gasteiger partial charge in [0.2, 0.25) is 5.95 Å². The van der Waals surface area contributed by atoms with Gasteiger partial charge < -0.3 is 9.88 Å². The van der Waals surface area contributed by atoms with Gasteiger partial charge in [0.15, 0.2) is 0 Å². The first-order valence-electron chi connectivity index (χ1n) is 10.9. The van der Waals surface area contributed by atoms with Crippen LogP contribution in [0.3, 0.4) is 0 Å². The van der Waals surface area contributed by atoms with Crippen molar-refractivity contribution in [2.45, 2.75) is 40.0 Å². The molecule has 0 fully saturated rings. The summed E-state index contributed by atoms with van der Waals surface area (Å²) in [6, 6.07) is 7.98. The molecular weight excluding hydrogens is 417 g/mol. The Morgan fingerprint density at radius 1 is 1.18 bits per heavy atom. The molecule has 0 aliphatic carbocycles. The number of anilines is 1. The number of aldehydes is 1. The Hall–Kier alpha value is -3.87. The molecular formula is C26H28FN5O. The Kier molecular flexibility index (Phi) is 8.02. The summed E-state index contributed by atoms with van der Waals surface area (Å²) >= 11 is 0. The van der Waals surface area contributed by atoms with Crippen molar-refractivity contribution in [1.29, 1.82) is 0 Å². The van der Waals surface area contributed by atoms with E-state index in [2.05, 4.69) is 23.3 Å². The number of allylic oxidation sites excluding steroid dienone is 4. The molecule has 2 aromatic heterocycles. The Morgan fingerprint density at radius 3 is 2.58 bits per heavy atom. The zero-order valence-corrected chi connectivity index (χ0v) is 19.3. The number of imidazole rings is 1. The van der Waals surface area contributed by atoms with E-state index in [0.29, 0.717) is 23.6 Å². The lowest BCUT2D eigenvalue weighted by atomic mass is 10.1. The molecule has 0 bridgehead atoms. The fourth-order valence-electron chi connectivity index (χ4n) is 3.33. The Balaban J connectivity index is 2.18. The van der Waals surface area contributed by atoms with Crippen LogP contribution in [-0.2, 0) is 4.79 Å². The van der Waals surface area contributed by atoms with Crippen LogP contribution in [0.25, 0.3) is 28.8 Å². The average Bonchev–Trinajstić information content (AvgIpc) is 3.21. The normalized spacial score (nSPS) is 12.2. The lowest BCUT2D eigenvalue weighted by Crippen LogP contribution is -2.02. The topological polar surface area (TPSA) is 72.7 Å². The van der Waals surface area contributed by atoms with E-state index in [4.69, 9.17) is 9.97 Å². The number of hydrogen-bond acceptors (Lipinski definition) is 5. The van der Waals surface area contributed by atoms with E-state index in [0.717, 1.165) is 29.2 Å². The lowest BCUT2D eigenvalue weighted by Gasteiger charge is -2.11. The van der Waals surface area contributed by atoms with Crippen molar-refractivity contribution in [2.24, 2.45) is 0 Å². The van der Waals surface area contributed by atoms with Gasteiger partial charge >= 0.3 is 0 Å². The van der Waals surface area contributed by atoms with Gasteiger partial charge in [-0.15, -0.1) is 0 Å². The summed E-state index contributed by atoms with van der Waals surface area (Å²) in [5.41, 5.74) is 3.60. The molecule has 0 amide bonds. The molecule has 0 aliphatic heterocycles. The predicted octanol–water partition coefficient (Wildman–Crippen LogP) is 6.22. The summed E-state index contributed by atoms with van der Waals surface area (Å²) in [4.78, 5) is 25.0. The largest absolute Gasteiger partial charge is 0.324 e. The smallest absolute Gasteiger partial charge is 0.227 e. The molecule has 170 valence electrons.